The highest BCUT2D eigenvalue weighted by atomic mass is 127. The van der Waals surface area contributed by atoms with Crippen molar-refractivity contribution in [3.8, 4) is 5.75 Å². The molecule has 1 fully saturated rings. The van der Waals surface area contributed by atoms with E-state index in [-0.39, 0.29) is 35.9 Å². The number of anilines is 1. The van der Waals surface area contributed by atoms with E-state index in [2.05, 4.69) is 96.1 Å². The number of benzene rings is 3. The predicted octanol–water partition coefficient (Wildman–Crippen LogP) is 5.89. The summed E-state index contributed by atoms with van der Waals surface area (Å²) in [7, 11) is 1.67. The molecular weight excluding hydrogens is 667 g/mol. The van der Waals surface area contributed by atoms with Crippen molar-refractivity contribution in [2.24, 2.45) is 11.8 Å². The van der Waals surface area contributed by atoms with Crippen molar-refractivity contribution in [2.75, 3.05) is 18.6 Å². The topological polar surface area (TPSA) is 89.7 Å². The average Bonchev–Trinajstić information content (AvgIpc) is 3.67. The Bertz CT molecular complexity index is 1620. The molecule has 4 aromatic rings. The monoisotopic (exact) mass is 706 g/mol. The van der Waals surface area contributed by atoms with Crippen LogP contribution >= 0.6 is 22.6 Å². The van der Waals surface area contributed by atoms with Crippen LogP contribution in [-0.4, -0.2) is 45.8 Å². The third kappa shape index (κ3) is 5.32. The summed E-state index contributed by atoms with van der Waals surface area (Å²) in [5.74, 6) is 0.685. The highest BCUT2D eigenvalue weighted by Crippen LogP contribution is 2.59. The molecule has 4 atom stereocenters. The second kappa shape index (κ2) is 12.3. The quantitative estimate of drug-likeness (QED) is 0.207. The largest absolute Gasteiger partial charge is 0.497 e. The van der Waals surface area contributed by atoms with Gasteiger partial charge in [-0.1, -0.05) is 68.4 Å². The predicted molar refractivity (Wildman–Crippen MR) is 177 cm³/mol. The van der Waals surface area contributed by atoms with Gasteiger partial charge in [0.1, 0.15) is 5.75 Å². The van der Waals surface area contributed by atoms with Gasteiger partial charge < -0.3 is 19.5 Å². The molecule has 9 heteroatoms. The fourth-order valence-corrected chi connectivity index (χ4v) is 7.76. The van der Waals surface area contributed by atoms with Crippen LogP contribution in [0, 0.1) is 15.4 Å². The van der Waals surface area contributed by atoms with E-state index in [1.54, 1.807) is 7.11 Å². The lowest BCUT2D eigenvalue weighted by Crippen LogP contribution is -2.45. The summed E-state index contributed by atoms with van der Waals surface area (Å²) in [5.41, 5.74) is 3.41. The van der Waals surface area contributed by atoms with Crippen LogP contribution < -0.4 is 9.64 Å². The number of aliphatic hydroxyl groups is 1. The minimum atomic E-state index is -1.11. The molecule has 230 valence electrons. The minimum absolute atomic E-state index is 0.00577. The first-order chi connectivity index (χ1) is 21.2. The van der Waals surface area contributed by atoms with Crippen LogP contribution in [0.15, 0.2) is 79.0 Å². The van der Waals surface area contributed by atoms with Crippen molar-refractivity contribution < 1.29 is 19.4 Å². The number of methoxy groups -OCH3 is 1. The summed E-state index contributed by atoms with van der Waals surface area (Å²) in [6.07, 6.45) is 2.77. The fourth-order valence-electron chi connectivity index (χ4n) is 7.40. The molecular formula is C35H39IN4O4. The molecule has 0 unspecified atom stereocenters. The van der Waals surface area contributed by atoms with Gasteiger partial charge in [-0.2, -0.15) is 0 Å². The smallest absolute Gasteiger partial charge is 0.264 e. The van der Waals surface area contributed by atoms with Crippen molar-refractivity contribution in [1.29, 1.82) is 0 Å². The molecule has 1 spiro atoms. The van der Waals surface area contributed by atoms with Crippen molar-refractivity contribution in [1.82, 2.24) is 15.0 Å². The molecule has 0 bridgehead atoms. The molecule has 1 aromatic heterocycles. The molecule has 2 aliphatic heterocycles. The van der Waals surface area contributed by atoms with Crippen molar-refractivity contribution >= 4 is 34.2 Å². The van der Waals surface area contributed by atoms with Crippen molar-refractivity contribution in [2.45, 2.75) is 63.8 Å². The summed E-state index contributed by atoms with van der Waals surface area (Å²) in [4.78, 5) is 16.7. The number of fused-ring (bicyclic) bond motifs is 2. The van der Waals surface area contributed by atoms with Gasteiger partial charge in [-0.15, -0.1) is 5.10 Å². The zero-order valence-electron chi connectivity index (χ0n) is 25.6. The number of aryl methyl sites for hydroxylation is 1. The maximum Gasteiger partial charge on any atom is 0.264 e. The van der Waals surface area contributed by atoms with Crippen LogP contribution in [-0.2, 0) is 40.1 Å². The van der Waals surface area contributed by atoms with E-state index in [1.165, 1.54) is 5.56 Å². The van der Waals surface area contributed by atoms with Crippen LogP contribution in [0.2, 0.25) is 0 Å². The molecule has 2 aliphatic rings. The van der Waals surface area contributed by atoms with Gasteiger partial charge >= 0.3 is 0 Å². The zero-order chi connectivity index (χ0) is 31.1. The Morgan fingerprint density at radius 1 is 1.07 bits per heavy atom. The lowest BCUT2D eigenvalue weighted by molar-refractivity contribution is -0.146. The van der Waals surface area contributed by atoms with E-state index < -0.39 is 5.60 Å². The Labute approximate surface area is 272 Å². The van der Waals surface area contributed by atoms with Crippen molar-refractivity contribution in [3.05, 3.63) is 105 Å². The number of nitrogens with zero attached hydrogens (tertiary/aromatic N) is 4. The van der Waals surface area contributed by atoms with Gasteiger partial charge in [-0.25, -0.2) is 0 Å². The van der Waals surface area contributed by atoms with Gasteiger partial charge in [0.05, 0.1) is 31.1 Å². The first-order valence-corrected chi connectivity index (χ1v) is 16.2. The van der Waals surface area contributed by atoms with E-state index >= 15 is 0 Å². The standard InChI is InChI=1S/C35H39IN4O4/c1-23-32(34(2,3)25-11-15-28(43-4)16-12-25)31(17-19-39-22-27(18-20-41)37-38-39)44-35(23)29-7-5-6-8-30(29)40(33(35)42)21-24-9-13-26(36)14-10-24/h5-16,22-23,31-32,41H,17-21H2,1-4H3/t23-,31+,32-,35+/m1/s1. The molecule has 1 N–H and O–H groups in total. The summed E-state index contributed by atoms with van der Waals surface area (Å²) in [5, 5.41) is 17.8. The molecule has 1 amide bonds. The van der Waals surface area contributed by atoms with E-state index in [1.807, 2.05) is 46.1 Å². The first kappa shape index (κ1) is 30.7. The van der Waals surface area contributed by atoms with Crippen LogP contribution in [0.25, 0.3) is 0 Å². The van der Waals surface area contributed by atoms with E-state index in [0.29, 0.717) is 25.9 Å². The lowest BCUT2D eigenvalue weighted by Gasteiger charge is -2.38. The van der Waals surface area contributed by atoms with Gasteiger partial charge in [0.2, 0.25) is 0 Å². The summed E-state index contributed by atoms with van der Waals surface area (Å²) in [6, 6.07) is 24.7. The number of hydrogen-bond donors (Lipinski definition) is 1. The van der Waals surface area contributed by atoms with Crippen LogP contribution in [0.5, 0.6) is 5.75 Å². The van der Waals surface area contributed by atoms with E-state index in [9.17, 15) is 9.90 Å². The maximum absolute atomic E-state index is 14.8. The van der Waals surface area contributed by atoms with E-state index in [0.717, 1.165) is 31.8 Å². The Balaban J connectivity index is 1.39. The molecule has 0 radical (unpaired) electrons. The maximum atomic E-state index is 14.8. The van der Waals surface area contributed by atoms with Crippen LogP contribution in [0.1, 0.15) is 49.6 Å². The Morgan fingerprint density at radius 3 is 2.50 bits per heavy atom. The SMILES string of the molecule is COc1ccc(C(C)(C)[C@H]2[C@H](CCn3cc(CCO)nn3)O[C@@]3(C(=O)N(Cc4ccc(I)cc4)c4ccccc43)[C@@H]2C)cc1. The number of halogens is 1. The number of amides is 1. The van der Waals surface area contributed by atoms with Crippen LogP contribution in [0.3, 0.4) is 0 Å². The minimum Gasteiger partial charge on any atom is -0.497 e. The number of rotatable bonds is 10. The normalized spacial score (nSPS) is 23.0. The fraction of sp³-hybridized carbons (Fsp3) is 0.400. The average molecular weight is 707 g/mol. The summed E-state index contributed by atoms with van der Waals surface area (Å²) >= 11 is 2.30. The van der Waals surface area contributed by atoms with Crippen LogP contribution in [0.4, 0.5) is 5.69 Å². The number of para-hydroxylation sites is 1. The molecule has 0 aliphatic carbocycles. The number of ether oxygens (including phenoxy) is 2. The molecule has 0 saturated carbocycles. The first-order valence-electron chi connectivity index (χ1n) is 15.2. The van der Waals surface area contributed by atoms with Crippen molar-refractivity contribution in [3.63, 3.8) is 0 Å². The Morgan fingerprint density at radius 2 is 1.80 bits per heavy atom. The molecule has 1 saturated heterocycles. The molecule has 8 nitrogen and oxygen atoms in total. The third-order valence-corrected chi connectivity index (χ3v) is 10.3. The van der Waals surface area contributed by atoms with Gasteiger partial charge in [0.15, 0.2) is 5.60 Å². The number of carbonyl (C=O) groups excluding carboxylic acids is 1. The zero-order valence-corrected chi connectivity index (χ0v) is 27.8. The second-order valence-electron chi connectivity index (χ2n) is 12.4. The summed E-state index contributed by atoms with van der Waals surface area (Å²) in [6.45, 7) is 7.80. The Hall–Kier alpha value is -3.28. The van der Waals surface area contributed by atoms with E-state index in [4.69, 9.17) is 9.47 Å². The number of aliphatic hydroxyl groups excluding tert-OH is 1. The molecule has 44 heavy (non-hydrogen) atoms. The number of aromatic nitrogens is 3. The number of hydrogen-bond acceptors (Lipinski definition) is 6. The van der Waals surface area contributed by atoms with Gasteiger partial charge in [-0.3, -0.25) is 9.48 Å². The lowest BCUT2D eigenvalue weighted by atomic mass is 9.63. The van der Waals surface area contributed by atoms with Gasteiger partial charge in [0, 0.05) is 46.7 Å². The second-order valence-corrected chi connectivity index (χ2v) is 13.7. The molecule has 3 heterocycles. The third-order valence-electron chi connectivity index (χ3n) is 9.59. The van der Waals surface area contributed by atoms with Gasteiger partial charge in [0.25, 0.3) is 5.91 Å². The highest BCUT2D eigenvalue weighted by molar-refractivity contribution is 14.1. The molecule has 6 rings (SSSR count). The highest BCUT2D eigenvalue weighted by Gasteiger charge is 2.65. The Kier molecular flexibility index (Phi) is 8.56. The number of carbonyl (C=O) groups is 1. The molecule has 3 aromatic carbocycles. The summed E-state index contributed by atoms with van der Waals surface area (Å²) < 4.78 is 15.6. The van der Waals surface area contributed by atoms with Gasteiger partial charge in [-0.05, 0) is 75.9 Å².